The number of nitrogens with zero attached hydrogens (tertiary/aromatic N) is 3. The van der Waals surface area contributed by atoms with Gasteiger partial charge in [-0.15, -0.1) is 11.3 Å². The number of aromatic nitrogens is 1. The fourth-order valence-electron chi connectivity index (χ4n) is 2.83. The van der Waals surface area contributed by atoms with Gasteiger partial charge in [0.05, 0.1) is 22.8 Å². The molecule has 4 nitrogen and oxygen atoms in total. The van der Waals surface area contributed by atoms with Gasteiger partial charge in [-0.1, -0.05) is 44.5 Å². The third-order valence-corrected chi connectivity index (χ3v) is 5.61. The maximum Gasteiger partial charge on any atom is 0.255 e. The Balaban J connectivity index is 1.56. The molecule has 1 aliphatic rings. The second-order valence-electron chi connectivity index (χ2n) is 7.42. The molecule has 134 valence electrons. The van der Waals surface area contributed by atoms with Gasteiger partial charge in [-0.3, -0.25) is 9.69 Å². The van der Waals surface area contributed by atoms with E-state index in [2.05, 4.69) is 31.1 Å². The van der Waals surface area contributed by atoms with Gasteiger partial charge < -0.3 is 4.90 Å². The summed E-state index contributed by atoms with van der Waals surface area (Å²) in [6.45, 7) is 10.6. The molecule has 0 saturated carbocycles. The molecule has 0 atom stereocenters. The van der Waals surface area contributed by atoms with Crippen molar-refractivity contribution >= 4 is 28.8 Å². The number of carbonyl (C=O) groups is 1. The van der Waals surface area contributed by atoms with Crippen molar-refractivity contribution in [3.05, 3.63) is 50.9 Å². The molecule has 0 N–H and O–H groups in total. The Morgan fingerprint density at radius 1 is 1.20 bits per heavy atom. The first kappa shape index (κ1) is 18.4. The van der Waals surface area contributed by atoms with E-state index in [4.69, 9.17) is 16.6 Å². The van der Waals surface area contributed by atoms with Gasteiger partial charge in [0.15, 0.2) is 0 Å². The fraction of sp³-hybridized carbons (Fsp3) is 0.474. The van der Waals surface area contributed by atoms with Crippen molar-refractivity contribution in [3.8, 4) is 0 Å². The van der Waals surface area contributed by atoms with E-state index in [1.54, 1.807) is 23.5 Å². The van der Waals surface area contributed by atoms with Crippen LogP contribution in [0.3, 0.4) is 0 Å². The van der Waals surface area contributed by atoms with Crippen molar-refractivity contribution in [1.82, 2.24) is 14.8 Å². The van der Waals surface area contributed by atoms with Gasteiger partial charge >= 0.3 is 0 Å². The molecule has 6 heteroatoms. The Labute approximate surface area is 158 Å². The third kappa shape index (κ3) is 4.40. The van der Waals surface area contributed by atoms with Crippen LogP contribution in [0, 0.1) is 0 Å². The van der Waals surface area contributed by atoms with E-state index in [1.165, 1.54) is 0 Å². The van der Waals surface area contributed by atoms with E-state index >= 15 is 0 Å². The van der Waals surface area contributed by atoms with Crippen molar-refractivity contribution < 1.29 is 4.79 Å². The minimum absolute atomic E-state index is 0.0227. The van der Waals surface area contributed by atoms with Gasteiger partial charge in [0.25, 0.3) is 5.91 Å². The highest BCUT2D eigenvalue weighted by Crippen LogP contribution is 2.25. The van der Waals surface area contributed by atoms with Crippen molar-refractivity contribution in [2.24, 2.45) is 0 Å². The second-order valence-corrected chi connectivity index (χ2v) is 8.77. The molecule has 3 rings (SSSR count). The van der Waals surface area contributed by atoms with Crippen LogP contribution in [0.2, 0.25) is 5.02 Å². The number of thiazole rings is 1. The summed E-state index contributed by atoms with van der Waals surface area (Å²) in [5, 5.41) is 3.83. The van der Waals surface area contributed by atoms with Gasteiger partial charge in [0, 0.05) is 37.0 Å². The molecular formula is C19H24ClN3OS. The van der Waals surface area contributed by atoms with E-state index in [0.717, 1.165) is 43.4 Å². The first-order valence-electron chi connectivity index (χ1n) is 8.55. The van der Waals surface area contributed by atoms with Crippen LogP contribution in [-0.4, -0.2) is 46.9 Å². The first-order chi connectivity index (χ1) is 11.8. The predicted octanol–water partition coefficient (Wildman–Crippen LogP) is 4.05. The standard InChI is InChI=1S/C19H24ClN3OS/c1-19(2,3)16-13-25-17(21-16)12-22-8-10-23(11-9-22)18(24)14-6-4-5-7-15(14)20/h4-7,13H,8-12H2,1-3H3. The average Bonchev–Trinajstić information content (AvgIpc) is 3.04. The van der Waals surface area contributed by atoms with Gasteiger partial charge in [-0.25, -0.2) is 4.98 Å². The van der Waals surface area contributed by atoms with Gasteiger partial charge in [0.2, 0.25) is 0 Å². The summed E-state index contributed by atoms with van der Waals surface area (Å²) in [6, 6.07) is 7.25. The topological polar surface area (TPSA) is 36.4 Å². The highest BCUT2D eigenvalue weighted by molar-refractivity contribution is 7.09. The molecule has 0 spiro atoms. The number of carbonyl (C=O) groups excluding carboxylic acids is 1. The normalized spacial score (nSPS) is 16.2. The van der Waals surface area contributed by atoms with Crippen LogP contribution < -0.4 is 0 Å². The van der Waals surface area contributed by atoms with Crippen LogP contribution in [0.4, 0.5) is 0 Å². The number of piperazine rings is 1. The molecule has 0 aliphatic carbocycles. The number of benzene rings is 1. The predicted molar refractivity (Wildman–Crippen MR) is 103 cm³/mol. The lowest BCUT2D eigenvalue weighted by Crippen LogP contribution is -2.48. The summed E-state index contributed by atoms with van der Waals surface area (Å²) in [4.78, 5) is 21.6. The molecule has 25 heavy (non-hydrogen) atoms. The largest absolute Gasteiger partial charge is 0.336 e. The molecular weight excluding hydrogens is 354 g/mol. The van der Waals surface area contributed by atoms with Crippen LogP contribution in [-0.2, 0) is 12.0 Å². The van der Waals surface area contributed by atoms with Crippen LogP contribution in [0.15, 0.2) is 29.6 Å². The highest BCUT2D eigenvalue weighted by Gasteiger charge is 2.24. The van der Waals surface area contributed by atoms with E-state index in [1.807, 2.05) is 17.0 Å². The molecule has 0 unspecified atom stereocenters. The molecule has 1 saturated heterocycles. The Hall–Kier alpha value is -1.43. The molecule has 2 aromatic rings. The maximum atomic E-state index is 12.6. The van der Waals surface area contributed by atoms with E-state index in [0.29, 0.717) is 10.6 Å². The fourth-order valence-corrected chi connectivity index (χ4v) is 4.11. The summed E-state index contributed by atoms with van der Waals surface area (Å²) in [5.74, 6) is 0.0227. The zero-order chi connectivity index (χ0) is 18.0. The number of halogens is 1. The molecule has 1 aromatic heterocycles. The molecule has 0 bridgehead atoms. The van der Waals surface area contributed by atoms with E-state index in [9.17, 15) is 4.79 Å². The Morgan fingerprint density at radius 3 is 2.48 bits per heavy atom. The quantitative estimate of drug-likeness (QED) is 0.809. The molecule has 1 amide bonds. The highest BCUT2D eigenvalue weighted by atomic mass is 35.5. The zero-order valence-electron chi connectivity index (χ0n) is 15.0. The SMILES string of the molecule is CC(C)(C)c1csc(CN2CCN(C(=O)c3ccccc3Cl)CC2)n1. The van der Waals surface area contributed by atoms with Crippen LogP contribution in [0.1, 0.15) is 41.8 Å². The van der Waals surface area contributed by atoms with Crippen LogP contribution in [0.25, 0.3) is 0 Å². The molecule has 2 heterocycles. The summed E-state index contributed by atoms with van der Waals surface area (Å²) in [6.07, 6.45) is 0. The first-order valence-corrected chi connectivity index (χ1v) is 9.81. The molecule has 1 aromatic carbocycles. The Kier molecular flexibility index (Phi) is 5.46. The third-order valence-electron chi connectivity index (χ3n) is 4.44. The average molecular weight is 378 g/mol. The number of hydrogen-bond acceptors (Lipinski definition) is 4. The van der Waals surface area contributed by atoms with Gasteiger partial charge in [0.1, 0.15) is 5.01 Å². The minimum atomic E-state index is 0.0227. The number of hydrogen-bond donors (Lipinski definition) is 0. The van der Waals surface area contributed by atoms with E-state index in [-0.39, 0.29) is 11.3 Å². The number of amides is 1. The summed E-state index contributed by atoms with van der Waals surface area (Å²) in [7, 11) is 0. The summed E-state index contributed by atoms with van der Waals surface area (Å²) in [5.41, 5.74) is 1.84. The smallest absolute Gasteiger partial charge is 0.255 e. The van der Waals surface area contributed by atoms with Crippen LogP contribution in [0.5, 0.6) is 0 Å². The lowest BCUT2D eigenvalue weighted by Gasteiger charge is -2.34. The molecule has 1 aliphatic heterocycles. The summed E-state index contributed by atoms with van der Waals surface area (Å²) < 4.78 is 0. The molecule has 1 fully saturated rings. The van der Waals surface area contributed by atoms with E-state index < -0.39 is 0 Å². The van der Waals surface area contributed by atoms with Crippen molar-refractivity contribution in [2.45, 2.75) is 32.7 Å². The Bertz CT molecular complexity index is 745. The van der Waals surface area contributed by atoms with Crippen LogP contribution >= 0.6 is 22.9 Å². The second kappa shape index (κ2) is 7.44. The zero-order valence-corrected chi connectivity index (χ0v) is 16.5. The summed E-state index contributed by atoms with van der Waals surface area (Å²) >= 11 is 7.87. The molecule has 0 radical (unpaired) electrons. The van der Waals surface area contributed by atoms with Crippen molar-refractivity contribution in [2.75, 3.05) is 26.2 Å². The van der Waals surface area contributed by atoms with Crippen molar-refractivity contribution in [1.29, 1.82) is 0 Å². The number of rotatable bonds is 3. The minimum Gasteiger partial charge on any atom is -0.336 e. The monoisotopic (exact) mass is 377 g/mol. The maximum absolute atomic E-state index is 12.6. The van der Waals surface area contributed by atoms with Gasteiger partial charge in [-0.2, -0.15) is 0 Å². The Morgan fingerprint density at radius 2 is 1.88 bits per heavy atom. The lowest BCUT2D eigenvalue weighted by atomic mass is 9.93. The van der Waals surface area contributed by atoms with Gasteiger partial charge in [-0.05, 0) is 12.1 Å². The van der Waals surface area contributed by atoms with Crippen molar-refractivity contribution in [3.63, 3.8) is 0 Å². The lowest BCUT2D eigenvalue weighted by molar-refractivity contribution is 0.0628.